The minimum Gasteiger partial charge on any atom is -0.460 e. The highest BCUT2D eigenvalue weighted by molar-refractivity contribution is 6.01. The van der Waals surface area contributed by atoms with Gasteiger partial charge in [-0.1, -0.05) is 42.8 Å². The Kier molecular flexibility index (Phi) is 10.0. The van der Waals surface area contributed by atoms with Crippen molar-refractivity contribution in [2.45, 2.75) is 146 Å². The molecule has 320 valence electrons. The van der Waals surface area contributed by atoms with E-state index in [1.165, 1.54) is 12.2 Å². The number of amides is 2. The van der Waals surface area contributed by atoms with E-state index in [1.807, 2.05) is 31.2 Å². The first-order valence-corrected chi connectivity index (χ1v) is 21.1. The molecular formula is C45H58FN3O10. The molecule has 1 aromatic carbocycles. The number of rotatable bonds is 12. The van der Waals surface area contributed by atoms with Gasteiger partial charge >= 0.3 is 5.97 Å². The van der Waals surface area contributed by atoms with Gasteiger partial charge in [-0.2, -0.15) is 0 Å². The molecule has 1 aromatic rings. The maximum absolute atomic E-state index is 17.7. The fourth-order valence-electron chi connectivity index (χ4n) is 12.8. The van der Waals surface area contributed by atoms with E-state index < -0.39 is 88.3 Å². The summed E-state index contributed by atoms with van der Waals surface area (Å²) >= 11 is 0. The summed E-state index contributed by atoms with van der Waals surface area (Å²) in [6.45, 7) is 7.85. The highest BCUT2D eigenvalue weighted by Crippen LogP contribution is 2.73. The number of halogens is 1. The summed E-state index contributed by atoms with van der Waals surface area (Å²) in [7, 11) is 0. The van der Waals surface area contributed by atoms with Crippen molar-refractivity contribution >= 4 is 29.4 Å². The number of hydrogen-bond donors (Lipinski definition) is 5. The molecule has 14 heteroatoms. The molecule has 8 aliphatic rings. The van der Waals surface area contributed by atoms with Gasteiger partial charge in [0, 0.05) is 34.3 Å². The molecule has 1 heterocycles. The molecular weight excluding hydrogens is 762 g/mol. The average molecular weight is 820 g/mol. The maximum Gasteiger partial charge on any atom is 0.306 e. The predicted molar refractivity (Wildman–Crippen MR) is 211 cm³/mol. The third kappa shape index (κ3) is 6.45. The number of carbonyl (C=O) groups excluding carboxylic acids is 5. The lowest BCUT2D eigenvalue weighted by atomic mass is 9.38. The number of alkyl halides is 1. The van der Waals surface area contributed by atoms with E-state index in [1.54, 1.807) is 33.8 Å². The molecule has 2 amide bonds. The summed E-state index contributed by atoms with van der Waals surface area (Å²) in [4.78, 5) is 64.0. The maximum atomic E-state index is 17.7. The molecule has 1 aliphatic heterocycles. The summed E-state index contributed by atoms with van der Waals surface area (Å²) in [5, 5.41) is 27.9. The van der Waals surface area contributed by atoms with E-state index in [0.29, 0.717) is 30.4 Å². The van der Waals surface area contributed by atoms with Gasteiger partial charge in [-0.15, -0.1) is 0 Å². The van der Waals surface area contributed by atoms with Gasteiger partial charge in [0.05, 0.1) is 18.8 Å². The number of Topliss-reactive ketones (excluding diaryl/α,β-unsaturated/α-hetero) is 1. The van der Waals surface area contributed by atoms with Gasteiger partial charge in [-0.25, -0.2) is 4.39 Å². The van der Waals surface area contributed by atoms with Crippen molar-refractivity contribution in [3.63, 3.8) is 0 Å². The van der Waals surface area contributed by atoms with Crippen LogP contribution in [-0.4, -0.2) is 93.4 Å². The van der Waals surface area contributed by atoms with E-state index in [-0.39, 0.29) is 48.5 Å². The Labute approximate surface area is 344 Å². The molecule has 59 heavy (non-hydrogen) atoms. The smallest absolute Gasteiger partial charge is 0.306 e. The number of ketones is 2. The molecule has 10 atom stereocenters. The quantitative estimate of drug-likeness (QED) is 0.193. The van der Waals surface area contributed by atoms with Gasteiger partial charge in [-0.3, -0.25) is 24.0 Å². The Morgan fingerprint density at radius 1 is 1.08 bits per heavy atom. The molecule has 9 rings (SSSR count). The fourth-order valence-corrected chi connectivity index (χ4v) is 12.8. The number of allylic oxidation sites excluding steroid dienone is 4. The van der Waals surface area contributed by atoms with Crippen LogP contribution in [0.4, 0.5) is 4.39 Å². The summed E-state index contributed by atoms with van der Waals surface area (Å²) in [6.07, 6.45) is 5.63. The monoisotopic (exact) mass is 819 g/mol. The normalized spacial score (nSPS) is 40.5. The molecule has 0 radical (unpaired) electrons. The summed E-state index contributed by atoms with van der Waals surface area (Å²) < 4.78 is 36.3. The average Bonchev–Trinajstić information content (AvgIpc) is 3.64. The summed E-state index contributed by atoms with van der Waals surface area (Å²) in [6, 6.07) is 6.90. The first-order valence-electron chi connectivity index (χ1n) is 21.1. The number of nitrogens with two attached hydrogens (primary N) is 1. The van der Waals surface area contributed by atoms with Gasteiger partial charge < -0.3 is 40.8 Å². The van der Waals surface area contributed by atoms with Gasteiger partial charge in [0.1, 0.15) is 18.2 Å². The van der Waals surface area contributed by atoms with E-state index in [0.717, 1.165) is 31.2 Å². The minimum absolute atomic E-state index is 0.0169. The number of ether oxygens (including phenoxy) is 3. The van der Waals surface area contributed by atoms with Crippen LogP contribution in [0.5, 0.6) is 0 Å². The second kappa shape index (κ2) is 14.1. The molecule has 13 nitrogen and oxygen atoms in total. The van der Waals surface area contributed by atoms with E-state index in [9.17, 15) is 34.2 Å². The lowest BCUT2D eigenvalue weighted by Crippen LogP contribution is -2.76. The van der Waals surface area contributed by atoms with E-state index in [4.69, 9.17) is 19.9 Å². The SMILES string of the molecule is CC(C)(C)OC(=O)CC[C@H](NC(=O)CN)C(=O)NC12CC(Cc3ccc([C@@H]4O[C@@H]5C[C@H]6[C@@H]7CCC8=CC(=O)C=C[C@]8(C)[C@@]7(F)[C@@H](O)C[C@]6(C)[C@]5(C(=O)CO)O4)cc3)(C1)C2. The van der Waals surface area contributed by atoms with Gasteiger partial charge in [0.25, 0.3) is 0 Å². The third-order valence-corrected chi connectivity index (χ3v) is 15.2. The number of hydrogen-bond acceptors (Lipinski definition) is 11. The van der Waals surface area contributed by atoms with Gasteiger partial charge in [-0.05, 0) is 115 Å². The fraction of sp³-hybridized carbons (Fsp3) is 0.667. The summed E-state index contributed by atoms with van der Waals surface area (Å²) in [5.41, 5.74) is 1.04. The van der Waals surface area contributed by atoms with Gasteiger partial charge in [0.2, 0.25) is 11.8 Å². The zero-order chi connectivity index (χ0) is 42.6. The number of aliphatic hydroxyl groups excluding tert-OH is 2. The Morgan fingerprint density at radius 3 is 2.42 bits per heavy atom. The largest absolute Gasteiger partial charge is 0.460 e. The zero-order valence-electron chi connectivity index (χ0n) is 34.6. The Hall–Kier alpha value is -3.82. The Morgan fingerprint density at radius 2 is 1.78 bits per heavy atom. The lowest BCUT2D eigenvalue weighted by molar-refractivity contribution is -0.231. The number of carbonyl (C=O) groups is 5. The molecule has 2 bridgehead atoms. The van der Waals surface area contributed by atoms with Crippen LogP contribution in [0.3, 0.4) is 0 Å². The molecule has 7 aliphatic carbocycles. The molecule has 7 fully saturated rings. The molecule has 0 spiro atoms. The summed E-state index contributed by atoms with van der Waals surface area (Å²) in [5.74, 6) is -3.05. The molecule has 1 saturated heterocycles. The van der Waals surface area contributed by atoms with Crippen molar-refractivity contribution in [1.29, 1.82) is 0 Å². The standard InChI is InChI=1S/C45H58FN3O10/c1-39(2,3)58-36(55)13-12-31(48-35(54)20-47)37(56)49-43-22-42(23-43,24-43)18-25-6-8-26(9-7-25)38-57-34-17-30-29-11-10-27-16-28(51)14-15-40(27,4)44(29,46)32(52)19-41(30,5)45(34,59-38)33(53)21-50/h6-9,14-16,29-32,34,38,50,52H,10-13,17-24,47H2,1-5H3,(H,48,54)(H,49,56)/t29-,30-,31-,32-,34+,38+,40-,41-,42?,43?,44-,45+/m0/s1. The number of fused-ring (bicyclic) bond motifs is 7. The van der Waals surface area contributed by atoms with Crippen molar-refractivity contribution in [3.05, 3.63) is 59.2 Å². The highest BCUT2D eigenvalue weighted by atomic mass is 19.1. The van der Waals surface area contributed by atoms with Crippen LogP contribution in [-0.2, 0) is 44.6 Å². The second-order valence-electron chi connectivity index (χ2n) is 20.1. The van der Waals surface area contributed by atoms with Crippen molar-refractivity contribution in [2.24, 2.45) is 33.8 Å². The second-order valence-corrected chi connectivity index (χ2v) is 20.1. The topological polar surface area (TPSA) is 204 Å². The first-order chi connectivity index (χ1) is 27.7. The van der Waals surface area contributed by atoms with E-state index in [2.05, 4.69) is 10.6 Å². The molecule has 0 unspecified atom stereocenters. The van der Waals surface area contributed by atoms with Crippen LogP contribution in [0.15, 0.2) is 48.1 Å². The van der Waals surface area contributed by atoms with E-state index >= 15 is 4.39 Å². The van der Waals surface area contributed by atoms with Crippen LogP contribution in [0, 0.1) is 28.1 Å². The van der Waals surface area contributed by atoms with Crippen LogP contribution >= 0.6 is 0 Å². The van der Waals surface area contributed by atoms with Crippen LogP contribution in [0.25, 0.3) is 0 Å². The number of nitrogens with one attached hydrogen (secondary N) is 2. The van der Waals surface area contributed by atoms with Crippen LogP contribution in [0.2, 0.25) is 0 Å². The van der Waals surface area contributed by atoms with Crippen molar-refractivity contribution in [3.8, 4) is 0 Å². The van der Waals surface area contributed by atoms with Crippen molar-refractivity contribution < 1.29 is 52.8 Å². The number of benzene rings is 1. The molecule has 6 N–H and O–H groups in total. The highest BCUT2D eigenvalue weighted by Gasteiger charge is 2.79. The van der Waals surface area contributed by atoms with Crippen molar-refractivity contribution in [1.82, 2.24) is 10.6 Å². The number of esters is 1. The Bertz CT molecular complexity index is 1990. The predicted octanol–water partition coefficient (Wildman–Crippen LogP) is 3.53. The zero-order valence-corrected chi connectivity index (χ0v) is 34.6. The van der Waals surface area contributed by atoms with Gasteiger partial charge in [0.15, 0.2) is 29.1 Å². The third-order valence-electron chi connectivity index (χ3n) is 15.2. The Balaban J connectivity index is 0.913. The minimum atomic E-state index is -2.07. The van der Waals surface area contributed by atoms with Crippen LogP contribution < -0.4 is 16.4 Å². The van der Waals surface area contributed by atoms with Crippen molar-refractivity contribution in [2.75, 3.05) is 13.2 Å². The first kappa shape index (κ1) is 41.9. The number of aliphatic hydroxyl groups is 2. The lowest BCUT2D eigenvalue weighted by Gasteiger charge is -2.71. The molecule has 6 saturated carbocycles. The molecule has 0 aromatic heterocycles. The van der Waals surface area contributed by atoms with Crippen LogP contribution in [0.1, 0.15) is 110 Å².